The summed E-state index contributed by atoms with van der Waals surface area (Å²) in [5.74, 6) is 0. The van der Waals surface area contributed by atoms with Gasteiger partial charge in [-0.25, -0.2) is 0 Å². The summed E-state index contributed by atoms with van der Waals surface area (Å²) >= 11 is -0.0128. The van der Waals surface area contributed by atoms with Crippen LogP contribution in [0.4, 0.5) is 0 Å². The Morgan fingerprint density at radius 3 is 1.69 bits per heavy atom. The molecular formula is C10H27InSi2. The van der Waals surface area contributed by atoms with Crippen LogP contribution in [0.25, 0.3) is 0 Å². The summed E-state index contributed by atoms with van der Waals surface area (Å²) in [7, 11) is -0.527. The normalized spacial score (nSPS) is 10.8. The van der Waals surface area contributed by atoms with Gasteiger partial charge in [0, 0.05) is 8.80 Å². The molecule has 0 aliphatic carbocycles. The van der Waals surface area contributed by atoms with E-state index in [1.54, 1.807) is 14.4 Å². The van der Waals surface area contributed by atoms with Gasteiger partial charge in [-0.15, -0.1) is 0 Å². The second-order valence-electron chi connectivity index (χ2n) is 5.30. The third-order valence-corrected chi connectivity index (χ3v) is 8.46. The third-order valence-electron chi connectivity index (χ3n) is 1.39. The van der Waals surface area contributed by atoms with Crippen molar-refractivity contribution in [2.45, 2.75) is 60.6 Å². The molecule has 0 aromatic rings. The quantitative estimate of drug-likeness (QED) is 0.537. The van der Waals surface area contributed by atoms with Gasteiger partial charge in [-0.05, 0) is 0 Å². The molecule has 0 fully saturated rings. The molecule has 0 atom stereocenters. The van der Waals surface area contributed by atoms with Crippen molar-refractivity contribution < 1.29 is 0 Å². The molecule has 2 radical (unpaired) electrons. The number of hydrogen-bond donors (Lipinski definition) is 0. The van der Waals surface area contributed by atoms with E-state index in [0.29, 0.717) is 0 Å². The summed E-state index contributed by atoms with van der Waals surface area (Å²) < 4.78 is 3.21. The Morgan fingerprint density at radius 1 is 1.08 bits per heavy atom. The van der Waals surface area contributed by atoms with Gasteiger partial charge in [-0.3, -0.25) is 0 Å². The second kappa shape index (κ2) is 9.84. The van der Waals surface area contributed by atoms with Gasteiger partial charge < -0.3 is 0 Å². The van der Waals surface area contributed by atoms with E-state index >= 15 is 0 Å². The molecule has 0 aromatic carbocycles. The molecule has 0 saturated carbocycles. The summed E-state index contributed by atoms with van der Waals surface area (Å²) in [6.45, 7) is 16.6. The van der Waals surface area contributed by atoms with Gasteiger partial charge in [-0.2, -0.15) is 0 Å². The van der Waals surface area contributed by atoms with Crippen molar-refractivity contribution >= 4 is 39.8 Å². The van der Waals surface area contributed by atoms with E-state index in [-0.39, 0.29) is 31.7 Å². The molecule has 0 saturated heterocycles. The largest absolute Gasteiger partial charge is 0.0715 e. The minimum Gasteiger partial charge on any atom is -0.0715 e. The molecule has 0 unspecified atom stereocenters. The van der Waals surface area contributed by atoms with Crippen molar-refractivity contribution in [1.82, 2.24) is 0 Å². The van der Waals surface area contributed by atoms with E-state index in [4.69, 9.17) is 0 Å². The summed E-state index contributed by atoms with van der Waals surface area (Å²) in [6, 6.07) is 1.60. The maximum Gasteiger partial charge on any atom is 0.0379 e. The van der Waals surface area contributed by atoms with Gasteiger partial charge in [0.15, 0.2) is 0 Å². The molecule has 3 heteroatoms. The Hall–Kier alpha value is 1.30. The van der Waals surface area contributed by atoms with Crippen LogP contribution in [0.3, 0.4) is 0 Å². The first-order valence-electron chi connectivity index (χ1n) is 5.38. The molecule has 0 aliphatic heterocycles. The Balaban J connectivity index is 0. The molecule has 0 amide bonds. The van der Waals surface area contributed by atoms with Crippen molar-refractivity contribution in [1.29, 1.82) is 0 Å². The van der Waals surface area contributed by atoms with Gasteiger partial charge >= 0.3 is 71.9 Å². The fraction of sp³-hybridized carbons (Fsp3) is 1.00. The molecular weight excluding hydrogens is 291 g/mol. The minimum atomic E-state index is -0.647. The van der Waals surface area contributed by atoms with Crippen LogP contribution < -0.4 is 0 Å². The first-order chi connectivity index (χ1) is 5.79. The van der Waals surface area contributed by atoms with Crippen molar-refractivity contribution in [3.05, 3.63) is 0 Å². The second-order valence-corrected chi connectivity index (χ2v) is 19.5. The molecule has 0 bridgehead atoms. The Morgan fingerprint density at radius 2 is 1.46 bits per heavy atom. The minimum absolute atomic E-state index is 0.0128. The molecule has 78 valence electrons. The summed E-state index contributed by atoms with van der Waals surface area (Å²) in [4.78, 5) is 0. The summed E-state index contributed by atoms with van der Waals surface area (Å²) in [5, 5.41) is 0. The van der Waals surface area contributed by atoms with Crippen molar-refractivity contribution in [3.8, 4) is 0 Å². The predicted molar refractivity (Wildman–Crippen MR) is 72.5 cm³/mol. The number of hydrogen-bond acceptors (Lipinski definition) is 0. The van der Waals surface area contributed by atoms with Crippen molar-refractivity contribution in [2.24, 2.45) is 0 Å². The van der Waals surface area contributed by atoms with Crippen LogP contribution in [0.2, 0.25) is 53.7 Å². The zero-order valence-corrected chi connectivity index (χ0v) is 16.0. The summed E-state index contributed by atoms with van der Waals surface area (Å²) in [6.07, 6.45) is 0. The molecule has 0 N–H and O–H groups in total. The van der Waals surface area contributed by atoms with E-state index in [9.17, 15) is 0 Å². The van der Waals surface area contributed by atoms with Crippen LogP contribution in [0.1, 0.15) is 6.92 Å². The standard InChI is InChI=1S/C5H13Si.C3H9Si.C2H5.In/c1-5-6(2,3)4;1-4(2)3;1-2;/h1,5H2,2-4H3;1-3H3;1H2,2H3;. The van der Waals surface area contributed by atoms with Crippen LogP contribution in [0, 0.1) is 0 Å². The van der Waals surface area contributed by atoms with E-state index in [2.05, 4.69) is 46.2 Å². The van der Waals surface area contributed by atoms with Crippen LogP contribution in [0.15, 0.2) is 0 Å². The van der Waals surface area contributed by atoms with Crippen LogP contribution in [0.5, 0.6) is 0 Å². The van der Waals surface area contributed by atoms with Crippen LogP contribution in [-0.4, -0.2) is 39.8 Å². The SMILES string of the molecule is C[CH2][In][CH2]C[Si](C)(C)C.C[Si](C)C. The maximum absolute atomic E-state index is 2.48. The third kappa shape index (κ3) is 31.9. The molecule has 0 nitrogen and oxygen atoms in total. The van der Waals surface area contributed by atoms with E-state index < -0.39 is 8.07 Å². The smallest absolute Gasteiger partial charge is 0.0379 e. The maximum atomic E-state index is 2.48. The molecule has 0 heterocycles. The van der Waals surface area contributed by atoms with Crippen molar-refractivity contribution in [3.63, 3.8) is 0 Å². The van der Waals surface area contributed by atoms with Crippen molar-refractivity contribution in [2.75, 3.05) is 0 Å². The van der Waals surface area contributed by atoms with Gasteiger partial charge in [-0.1, -0.05) is 19.6 Å². The molecule has 0 aromatic heterocycles. The van der Waals surface area contributed by atoms with Crippen LogP contribution >= 0.6 is 0 Å². The number of rotatable bonds is 4. The fourth-order valence-electron chi connectivity index (χ4n) is 0.739. The average Bonchev–Trinajstić information content (AvgIpc) is 1.83. The topological polar surface area (TPSA) is 0 Å². The Labute approximate surface area is 99.9 Å². The first-order valence-corrected chi connectivity index (χ1v) is 16.7. The monoisotopic (exact) mass is 318 g/mol. The van der Waals surface area contributed by atoms with E-state index in [0.717, 1.165) is 0 Å². The zero-order chi connectivity index (χ0) is 10.9. The van der Waals surface area contributed by atoms with E-state index in [1.807, 2.05) is 0 Å². The van der Waals surface area contributed by atoms with E-state index in [1.165, 1.54) is 0 Å². The fourth-order valence-corrected chi connectivity index (χ4v) is 12.1. The van der Waals surface area contributed by atoms with Crippen LogP contribution in [-0.2, 0) is 0 Å². The summed E-state index contributed by atoms with van der Waals surface area (Å²) in [5.41, 5.74) is 0. The Bertz CT molecular complexity index is 94.8. The molecule has 0 spiro atoms. The zero-order valence-electron chi connectivity index (χ0n) is 10.7. The average molecular weight is 318 g/mol. The molecule has 0 aliphatic rings. The first kappa shape index (κ1) is 16.7. The van der Waals surface area contributed by atoms with Gasteiger partial charge in [0.25, 0.3) is 0 Å². The predicted octanol–water partition coefficient (Wildman–Crippen LogP) is 4.26. The van der Waals surface area contributed by atoms with Gasteiger partial charge in [0.1, 0.15) is 0 Å². The molecule has 13 heavy (non-hydrogen) atoms. The van der Waals surface area contributed by atoms with Gasteiger partial charge in [0.2, 0.25) is 0 Å². The Kier molecular flexibility index (Phi) is 12.7. The van der Waals surface area contributed by atoms with Gasteiger partial charge in [0.05, 0.1) is 0 Å². The molecule has 0 rings (SSSR count).